The summed E-state index contributed by atoms with van der Waals surface area (Å²) in [6.45, 7) is 9.77. The van der Waals surface area contributed by atoms with Crippen LogP contribution in [0.25, 0.3) is 0 Å². The Morgan fingerprint density at radius 1 is 1.57 bits per heavy atom. The molecule has 0 radical (unpaired) electrons. The minimum atomic E-state index is -0.381. The molecule has 0 unspecified atom stereocenters. The molecular weight excluding hydrogens is 178 g/mol. The first-order valence-corrected chi connectivity index (χ1v) is 4.79. The normalized spacial score (nSPS) is 15.8. The predicted molar refractivity (Wildman–Crippen MR) is 57.4 cm³/mol. The largest absolute Gasteiger partial charge is 0.463 e. The molecule has 0 aliphatic rings. The lowest BCUT2D eigenvalue weighted by atomic mass is 9.93. The van der Waals surface area contributed by atoms with Crippen LogP contribution in [0.2, 0.25) is 0 Å². The van der Waals surface area contributed by atoms with Crippen LogP contribution in [0.3, 0.4) is 0 Å². The molecule has 0 aromatic heterocycles. The third kappa shape index (κ3) is 4.12. The second-order valence-corrected chi connectivity index (χ2v) is 3.28. The molecular formula is C11H19NO2. The van der Waals surface area contributed by atoms with Crippen molar-refractivity contribution in [2.24, 2.45) is 17.6 Å². The molecule has 14 heavy (non-hydrogen) atoms. The van der Waals surface area contributed by atoms with Crippen molar-refractivity contribution in [1.29, 1.82) is 0 Å². The fourth-order valence-electron chi connectivity index (χ4n) is 0.959. The van der Waals surface area contributed by atoms with Crippen LogP contribution in [0.15, 0.2) is 24.4 Å². The number of esters is 1. The van der Waals surface area contributed by atoms with Crippen molar-refractivity contribution in [3.8, 4) is 0 Å². The van der Waals surface area contributed by atoms with Crippen molar-refractivity contribution in [2.45, 2.75) is 20.8 Å². The standard InChI is InChI=1S/C11H19NO2/c1-5-8(3)9(4)10(12)7-11(13)14-6-2/h5,7-9H,1,6,12H2,2-4H3/b10-7+/t8-,9-/m1/s1. The Bertz CT molecular complexity index is 233. The van der Waals surface area contributed by atoms with Crippen molar-refractivity contribution in [2.75, 3.05) is 6.61 Å². The van der Waals surface area contributed by atoms with Gasteiger partial charge in [0.05, 0.1) is 6.61 Å². The van der Waals surface area contributed by atoms with Gasteiger partial charge in [-0.05, 0) is 12.8 Å². The number of ether oxygens (including phenoxy) is 1. The Balaban J connectivity index is 4.36. The van der Waals surface area contributed by atoms with Crippen LogP contribution in [0, 0.1) is 11.8 Å². The minimum absolute atomic E-state index is 0.108. The van der Waals surface area contributed by atoms with Gasteiger partial charge in [0, 0.05) is 17.7 Å². The zero-order chi connectivity index (χ0) is 11.1. The van der Waals surface area contributed by atoms with Crippen LogP contribution >= 0.6 is 0 Å². The summed E-state index contributed by atoms with van der Waals surface area (Å²) in [6, 6.07) is 0. The van der Waals surface area contributed by atoms with E-state index >= 15 is 0 Å². The van der Waals surface area contributed by atoms with E-state index in [1.807, 2.05) is 19.9 Å². The zero-order valence-electron chi connectivity index (χ0n) is 9.12. The van der Waals surface area contributed by atoms with Crippen molar-refractivity contribution in [3.05, 3.63) is 24.4 Å². The maximum atomic E-state index is 11.1. The topological polar surface area (TPSA) is 52.3 Å². The molecule has 0 bridgehead atoms. The van der Waals surface area contributed by atoms with E-state index in [4.69, 9.17) is 10.5 Å². The van der Waals surface area contributed by atoms with Crippen LogP contribution in [-0.4, -0.2) is 12.6 Å². The molecule has 0 aromatic carbocycles. The van der Waals surface area contributed by atoms with Crippen molar-refractivity contribution in [1.82, 2.24) is 0 Å². The molecule has 0 heterocycles. The molecule has 3 heteroatoms. The van der Waals surface area contributed by atoms with Crippen molar-refractivity contribution in [3.63, 3.8) is 0 Å². The lowest BCUT2D eigenvalue weighted by Gasteiger charge is -2.16. The van der Waals surface area contributed by atoms with Crippen LogP contribution < -0.4 is 5.73 Å². The van der Waals surface area contributed by atoms with E-state index in [9.17, 15) is 4.79 Å². The van der Waals surface area contributed by atoms with Gasteiger partial charge in [0.15, 0.2) is 0 Å². The monoisotopic (exact) mass is 197 g/mol. The Morgan fingerprint density at radius 2 is 2.14 bits per heavy atom. The molecule has 80 valence electrons. The highest BCUT2D eigenvalue weighted by Gasteiger charge is 2.12. The summed E-state index contributed by atoms with van der Waals surface area (Å²) in [4.78, 5) is 11.1. The molecule has 0 rings (SSSR count). The third-order valence-corrected chi connectivity index (χ3v) is 2.26. The van der Waals surface area contributed by atoms with Gasteiger partial charge in [0.1, 0.15) is 0 Å². The van der Waals surface area contributed by atoms with Gasteiger partial charge >= 0.3 is 5.97 Å². The fourth-order valence-corrected chi connectivity index (χ4v) is 0.959. The summed E-state index contributed by atoms with van der Waals surface area (Å²) in [6.07, 6.45) is 3.16. The Kier molecular flexibility index (Phi) is 5.68. The Morgan fingerprint density at radius 3 is 2.57 bits per heavy atom. The molecule has 0 amide bonds. The average molecular weight is 197 g/mol. The average Bonchev–Trinajstić information content (AvgIpc) is 2.15. The highest BCUT2D eigenvalue weighted by molar-refractivity contribution is 5.82. The maximum absolute atomic E-state index is 11.1. The summed E-state index contributed by atoms with van der Waals surface area (Å²) in [5.74, 6) is -0.0225. The molecule has 2 atom stereocenters. The van der Waals surface area contributed by atoms with Gasteiger partial charge in [-0.2, -0.15) is 0 Å². The minimum Gasteiger partial charge on any atom is -0.463 e. The summed E-state index contributed by atoms with van der Waals surface area (Å²) in [7, 11) is 0. The summed E-state index contributed by atoms with van der Waals surface area (Å²) >= 11 is 0. The SMILES string of the molecule is C=C[C@@H](C)[C@@H](C)/C(N)=C\C(=O)OCC. The number of nitrogens with two attached hydrogens (primary N) is 1. The second kappa shape index (κ2) is 6.24. The second-order valence-electron chi connectivity index (χ2n) is 3.28. The Hall–Kier alpha value is -1.25. The number of carbonyl (C=O) groups excluding carboxylic acids is 1. The molecule has 0 aromatic rings. The number of allylic oxidation sites excluding steroid dienone is 2. The number of hydrogen-bond donors (Lipinski definition) is 1. The van der Waals surface area contributed by atoms with E-state index in [2.05, 4.69) is 6.58 Å². The quantitative estimate of drug-likeness (QED) is 0.416. The van der Waals surface area contributed by atoms with E-state index in [1.54, 1.807) is 6.92 Å². The highest BCUT2D eigenvalue weighted by Crippen LogP contribution is 2.17. The molecule has 0 aliphatic carbocycles. The number of hydrogen-bond acceptors (Lipinski definition) is 3. The lowest BCUT2D eigenvalue weighted by Crippen LogP contribution is -2.17. The van der Waals surface area contributed by atoms with Gasteiger partial charge < -0.3 is 10.5 Å². The van der Waals surface area contributed by atoms with Gasteiger partial charge in [0.25, 0.3) is 0 Å². The first kappa shape index (κ1) is 12.8. The van der Waals surface area contributed by atoms with E-state index in [0.717, 1.165) is 0 Å². The lowest BCUT2D eigenvalue weighted by molar-refractivity contribution is -0.137. The van der Waals surface area contributed by atoms with Gasteiger partial charge in [-0.3, -0.25) is 0 Å². The van der Waals surface area contributed by atoms with Gasteiger partial charge in [0.2, 0.25) is 0 Å². The highest BCUT2D eigenvalue weighted by atomic mass is 16.5. The first-order valence-electron chi connectivity index (χ1n) is 4.79. The van der Waals surface area contributed by atoms with E-state index in [1.165, 1.54) is 6.08 Å². The van der Waals surface area contributed by atoms with E-state index < -0.39 is 0 Å². The van der Waals surface area contributed by atoms with Crippen molar-refractivity contribution >= 4 is 5.97 Å². The summed E-state index contributed by atoms with van der Waals surface area (Å²) in [5.41, 5.74) is 6.28. The summed E-state index contributed by atoms with van der Waals surface area (Å²) in [5, 5.41) is 0. The van der Waals surface area contributed by atoms with Crippen LogP contribution in [0.5, 0.6) is 0 Å². The van der Waals surface area contributed by atoms with Crippen molar-refractivity contribution < 1.29 is 9.53 Å². The third-order valence-electron chi connectivity index (χ3n) is 2.26. The van der Waals surface area contributed by atoms with Gasteiger partial charge in [-0.15, -0.1) is 6.58 Å². The van der Waals surface area contributed by atoms with E-state index in [0.29, 0.717) is 12.3 Å². The number of carbonyl (C=O) groups is 1. The first-order chi connectivity index (χ1) is 6.52. The molecule has 0 spiro atoms. The van der Waals surface area contributed by atoms with Gasteiger partial charge in [-0.1, -0.05) is 19.9 Å². The molecule has 3 nitrogen and oxygen atoms in total. The Labute approximate surface area is 85.6 Å². The van der Waals surface area contributed by atoms with Gasteiger partial charge in [-0.25, -0.2) is 4.79 Å². The molecule has 0 saturated heterocycles. The van der Waals surface area contributed by atoms with Crippen LogP contribution in [0.1, 0.15) is 20.8 Å². The van der Waals surface area contributed by atoms with Crippen LogP contribution in [0.4, 0.5) is 0 Å². The number of rotatable bonds is 5. The fraction of sp³-hybridized carbons (Fsp3) is 0.545. The molecule has 0 saturated carbocycles. The zero-order valence-corrected chi connectivity index (χ0v) is 9.12. The summed E-state index contributed by atoms with van der Waals surface area (Å²) < 4.78 is 4.75. The van der Waals surface area contributed by atoms with E-state index in [-0.39, 0.29) is 17.8 Å². The molecule has 0 aliphatic heterocycles. The molecule has 2 N–H and O–H groups in total. The molecule has 0 fully saturated rings. The van der Waals surface area contributed by atoms with Crippen LogP contribution in [-0.2, 0) is 9.53 Å². The smallest absolute Gasteiger partial charge is 0.332 e. The maximum Gasteiger partial charge on any atom is 0.332 e. The predicted octanol–water partition coefficient (Wildman–Crippen LogP) is 1.85.